The Morgan fingerprint density at radius 1 is 1.33 bits per heavy atom. The molecule has 24 heavy (non-hydrogen) atoms. The van der Waals surface area contributed by atoms with E-state index >= 15 is 0 Å². The van der Waals surface area contributed by atoms with Crippen molar-refractivity contribution < 1.29 is 0 Å². The second-order valence-electron chi connectivity index (χ2n) is 5.51. The van der Waals surface area contributed by atoms with E-state index in [-0.39, 0.29) is 5.56 Å². The molecular weight excluding hydrogens is 324 g/mol. The number of para-hydroxylation sites is 1. The number of rotatable bonds is 3. The van der Waals surface area contributed by atoms with Crippen LogP contribution in [0.25, 0.3) is 10.9 Å². The summed E-state index contributed by atoms with van der Waals surface area (Å²) in [5.74, 6) is 0. The van der Waals surface area contributed by atoms with Crippen molar-refractivity contribution in [3.05, 3.63) is 68.7 Å². The van der Waals surface area contributed by atoms with Gasteiger partial charge in [0.25, 0.3) is 5.56 Å². The van der Waals surface area contributed by atoms with Crippen LogP contribution in [-0.2, 0) is 13.6 Å². The molecule has 3 rings (SSSR count). The number of hydrogen-bond donors (Lipinski definition) is 1. The maximum atomic E-state index is 12.3. The predicted octanol–water partition coefficient (Wildman–Crippen LogP) is 3.38. The van der Waals surface area contributed by atoms with Crippen LogP contribution in [0.4, 0.5) is 5.69 Å². The zero-order chi connectivity index (χ0) is 17.3. The normalized spacial score (nSPS) is 10.6. The minimum Gasteiger partial charge on any atom is -0.379 e. The van der Waals surface area contributed by atoms with E-state index in [0.717, 1.165) is 11.1 Å². The summed E-state index contributed by atoms with van der Waals surface area (Å²) < 4.78 is 1.60. The Morgan fingerprint density at radius 3 is 2.88 bits per heavy atom. The van der Waals surface area contributed by atoms with Gasteiger partial charge in [-0.25, -0.2) is 0 Å². The Hall–Kier alpha value is -2.84. The molecule has 120 valence electrons. The largest absolute Gasteiger partial charge is 0.379 e. The molecule has 1 N–H and O–H groups in total. The summed E-state index contributed by atoms with van der Waals surface area (Å²) in [7, 11) is 1.74. The monoisotopic (exact) mass is 338 g/mol. The van der Waals surface area contributed by atoms with Gasteiger partial charge in [0.2, 0.25) is 0 Å². The third kappa shape index (κ3) is 2.72. The summed E-state index contributed by atoms with van der Waals surface area (Å²) in [5.41, 5.74) is 3.12. The van der Waals surface area contributed by atoms with Gasteiger partial charge >= 0.3 is 0 Å². The maximum Gasteiger partial charge on any atom is 0.255 e. The van der Waals surface area contributed by atoms with Crippen LogP contribution in [0.5, 0.6) is 0 Å². The molecule has 0 aliphatic heterocycles. The van der Waals surface area contributed by atoms with Crippen LogP contribution in [0.1, 0.15) is 16.8 Å². The molecule has 2 heterocycles. The van der Waals surface area contributed by atoms with E-state index in [4.69, 9.17) is 11.6 Å². The number of nitriles is 1. The van der Waals surface area contributed by atoms with Gasteiger partial charge in [-0.05, 0) is 19.1 Å². The summed E-state index contributed by atoms with van der Waals surface area (Å²) in [4.78, 5) is 16.6. The van der Waals surface area contributed by atoms with Crippen molar-refractivity contribution in [2.24, 2.45) is 7.05 Å². The molecule has 0 saturated heterocycles. The first-order chi connectivity index (χ1) is 11.5. The van der Waals surface area contributed by atoms with Crippen molar-refractivity contribution in [3.8, 4) is 6.07 Å². The second kappa shape index (κ2) is 6.34. The average molecular weight is 339 g/mol. The lowest BCUT2D eigenvalue weighted by atomic mass is 10.1. The average Bonchev–Trinajstić information content (AvgIpc) is 2.59. The molecule has 0 spiro atoms. The van der Waals surface area contributed by atoms with Crippen LogP contribution in [0.15, 0.2) is 41.3 Å². The van der Waals surface area contributed by atoms with Gasteiger partial charge in [-0.1, -0.05) is 29.8 Å². The smallest absolute Gasteiger partial charge is 0.255 e. The van der Waals surface area contributed by atoms with Crippen LogP contribution in [-0.4, -0.2) is 9.55 Å². The zero-order valence-corrected chi connectivity index (χ0v) is 14.1. The first kappa shape index (κ1) is 16.0. The summed E-state index contributed by atoms with van der Waals surface area (Å²) >= 11 is 6.18. The Bertz CT molecular complexity index is 1030. The first-order valence-corrected chi connectivity index (χ1v) is 7.77. The lowest BCUT2D eigenvalue weighted by Crippen LogP contribution is -2.24. The fourth-order valence-electron chi connectivity index (χ4n) is 2.56. The molecule has 0 atom stereocenters. The molecule has 0 saturated carbocycles. The van der Waals surface area contributed by atoms with Gasteiger partial charge in [0, 0.05) is 36.4 Å². The molecule has 0 bridgehead atoms. The molecule has 0 aliphatic carbocycles. The Morgan fingerprint density at radius 2 is 2.12 bits per heavy atom. The molecule has 0 aliphatic rings. The third-order valence-corrected chi connectivity index (χ3v) is 4.36. The molecule has 0 amide bonds. The standard InChI is InChI=1S/C18H15ClN4O/c1-11-6-7-12(18(24)23(11)2)9-21-16-13(8-20)10-22-17-14(16)4-3-5-15(17)19/h3-7,10H,9H2,1-2H3,(H,21,22). The highest BCUT2D eigenvalue weighted by molar-refractivity contribution is 6.35. The predicted molar refractivity (Wildman–Crippen MR) is 95.2 cm³/mol. The minimum absolute atomic E-state index is 0.0580. The summed E-state index contributed by atoms with van der Waals surface area (Å²) in [6.45, 7) is 2.19. The molecule has 1 aromatic carbocycles. The molecule has 6 heteroatoms. The summed E-state index contributed by atoms with van der Waals surface area (Å²) in [6, 6.07) is 11.2. The highest BCUT2D eigenvalue weighted by atomic mass is 35.5. The van der Waals surface area contributed by atoms with E-state index in [2.05, 4.69) is 16.4 Å². The Kier molecular flexibility index (Phi) is 4.24. The fourth-order valence-corrected chi connectivity index (χ4v) is 2.78. The van der Waals surface area contributed by atoms with Crippen molar-refractivity contribution in [2.75, 3.05) is 5.32 Å². The van der Waals surface area contributed by atoms with E-state index in [1.807, 2.05) is 25.1 Å². The van der Waals surface area contributed by atoms with Gasteiger partial charge in [-0.2, -0.15) is 5.26 Å². The van der Waals surface area contributed by atoms with E-state index in [1.165, 1.54) is 6.20 Å². The SMILES string of the molecule is Cc1ccc(CNc2c(C#N)cnc3c(Cl)cccc23)c(=O)n1C. The fraction of sp³-hybridized carbons (Fsp3) is 0.167. The van der Waals surface area contributed by atoms with Gasteiger partial charge < -0.3 is 9.88 Å². The molecule has 0 fully saturated rings. The van der Waals surface area contributed by atoms with Crippen LogP contribution in [0.3, 0.4) is 0 Å². The number of nitrogens with one attached hydrogen (secondary N) is 1. The number of benzene rings is 1. The van der Waals surface area contributed by atoms with Crippen LogP contribution >= 0.6 is 11.6 Å². The van der Waals surface area contributed by atoms with Gasteiger partial charge in [-0.3, -0.25) is 9.78 Å². The van der Waals surface area contributed by atoms with Crippen molar-refractivity contribution in [1.82, 2.24) is 9.55 Å². The van der Waals surface area contributed by atoms with Crippen molar-refractivity contribution in [2.45, 2.75) is 13.5 Å². The first-order valence-electron chi connectivity index (χ1n) is 7.39. The van der Waals surface area contributed by atoms with E-state index in [1.54, 1.807) is 23.7 Å². The number of fused-ring (bicyclic) bond motifs is 1. The number of anilines is 1. The van der Waals surface area contributed by atoms with Crippen molar-refractivity contribution >= 4 is 28.2 Å². The van der Waals surface area contributed by atoms with E-state index in [0.29, 0.717) is 33.9 Å². The molecule has 5 nitrogen and oxygen atoms in total. The molecular formula is C18H15ClN4O. The molecule has 0 radical (unpaired) electrons. The number of pyridine rings is 2. The number of aromatic nitrogens is 2. The zero-order valence-electron chi connectivity index (χ0n) is 13.3. The quantitative estimate of drug-likeness (QED) is 0.794. The van der Waals surface area contributed by atoms with Gasteiger partial charge in [0.15, 0.2) is 0 Å². The minimum atomic E-state index is -0.0580. The topological polar surface area (TPSA) is 70.7 Å². The number of halogens is 1. The number of nitrogens with zero attached hydrogens (tertiary/aromatic N) is 3. The van der Waals surface area contributed by atoms with Gasteiger partial charge in [0.05, 0.1) is 21.8 Å². The molecule has 3 aromatic rings. The highest BCUT2D eigenvalue weighted by Crippen LogP contribution is 2.30. The maximum absolute atomic E-state index is 12.3. The lowest BCUT2D eigenvalue weighted by molar-refractivity contribution is 0.799. The van der Waals surface area contributed by atoms with Crippen LogP contribution in [0.2, 0.25) is 5.02 Å². The van der Waals surface area contributed by atoms with E-state index in [9.17, 15) is 10.1 Å². The van der Waals surface area contributed by atoms with Crippen LogP contribution < -0.4 is 10.9 Å². The van der Waals surface area contributed by atoms with Crippen LogP contribution in [0, 0.1) is 18.3 Å². The molecule has 2 aromatic heterocycles. The lowest BCUT2D eigenvalue weighted by Gasteiger charge is -2.13. The van der Waals surface area contributed by atoms with Gasteiger partial charge in [0.1, 0.15) is 6.07 Å². The van der Waals surface area contributed by atoms with Crippen molar-refractivity contribution in [1.29, 1.82) is 5.26 Å². The molecule has 0 unspecified atom stereocenters. The summed E-state index contributed by atoms with van der Waals surface area (Å²) in [5, 5.41) is 13.8. The third-order valence-electron chi connectivity index (χ3n) is 4.06. The highest BCUT2D eigenvalue weighted by Gasteiger charge is 2.11. The van der Waals surface area contributed by atoms with E-state index < -0.39 is 0 Å². The van der Waals surface area contributed by atoms with Crippen molar-refractivity contribution in [3.63, 3.8) is 0 Å². The Labute approximate surface area is 144 Å². The number of aryl methyl sites for hydroxylation is 1. The number of hydrogen-bond acceptors (Lipinski definition) is 4. The Balaban J connectivity index is 2.05. The summed E-state index contributed by atoms with van der Waals surface area (Å²) in [6.07, 6.45) is 1.49. The van der Waals surface area contributed by atoms with Gasteiger partial charge in [-0.15, -0.1) is 0 Å². The second-order valence-corrected chi connectivity index (χ2v) is 5.92.